The molecule has 0 aliphatic heterocycles. The van der Waals surface area contributed by atoms with Gasteiger partial charge in [0.15, 0.2) is 5.03 Å². The summed E-state index contributed by atoms with van der Waals surface area (Å²) < 4.78 is 25.9. The van der Waals surface area contributed by atoms with E-state index in [1.807, 2.05) is 0 Å². The van der Waals surface area contributed by atoms with Crippen molar-refractivity contribution in [3.05, 3.63) is 36.8 Å². The zero-order valence-corrected chi connectivity index (χ0v) is 10.8. The summed E-state index contributed by atoms with van der Waals surface area (Å²) >= 11 is 0. The van der Waals surface area contributed by atoms with Crippen LogP contribution in [0.1, 0.15) is 0 Å². The molecule has 0 spiro atoms. The van der Waals surface area contributed by atoms with Gasteiger partial charge in [-0.3, -0.25) is 4.31 Å². The fourth-order valence-corrected chi connectivity index (χ4v) is 3.06. The second-order valence-corrected chi connectivity index (χ2v) is 5.61. The van der Waals surface area contributed by atoms with Gasteiger partial charge in [0.05, 0.1) is 37.1 Å². The zero-order valence-electron chi connectivity index (χ0n) is 10.0. The number of nitrogens with two attached hydrogens (primary N) is 1. The van der Waals surface area contributed by atoms with Gasteiger partial charge in [-0.2, -0.15) is 8.42 Å². The molecule has 0 unspecified atom stereocenters. The second kappa shape index (κ2) is 5.29. The minimum absolute atomic E-state index is 0.0517. The molecule has 8 heteroatoms. The highest BCUT2D eigenvalue weighted by molar-refractivity contribution is 7.92. The normalized spacial score (nSPS) is 11.4. The Morgan fingerprint density at radius 1 is 1.37 bits per heavy atom. The van der Waals surface area contributed by atoms with Crippen molar-refractivity contribution < 1.29 is 13.5 Å². The summed E-state index contributed by atoms with van der Waals surface area (Å²) in [5.41, 5.74) is 6.43. The molecule has 0 fully saturated rings. The minimum atomic E-state index is -3.82. The highest BCUT2D eigenvalue weighted by Gasteiger charge is 2.26. The summed E-state index contributed by atoms with van der Waals surface area (Å²) in [6.45, 7) is -0.405. The lowest BCUT2D eigenvalue weighted by atomic mass is 10.3. The molecule has 7 nitrogen and oxygen atoms in total. The number of aromatic nitrogens is 2. The van der Waals surface area contributed by atoms with Crippen molar-refractivity contribution in [3.63, 3.8) is 0 Å². The fourth-order valence-electron chi connectivity index (χ4n) is 1.68. The quantitative estimate of drug-likeness (QED) is 0.677. The molecule has 0 saturated heterocycles. The van der Waals surface area contributed by atoms with Crippen LogP contribution in [-0.4, -0.2) is 36.6 Å². The molecular formula is C11H14N4O3S. The summed E-state index contributed by atoms with van der Waals surface area (Å²) in [5, 5.41) is 9.03. The molecule has 0 radical (unpaired) electrons. The van der Waals surface area contributed by atoms with E-state index in [0.29, 0.717) is 11.4 Å². The van der Waals surface area contributed by atoms with E-state index >= 15 is 0 Å². The van der Waals surface area contributed by atoms with E-state index in [2.05, 4.69) is 9.97 Å². The first-order valence-electron chi connectivity index (χ1n) is 5.54. The van der Waals surface area contributed by atoms with Crippen LogP contribution in [0.2, 0.25) is 0 Å². The van der Waals surface area contributed by atoms with Crippen molar-refractivity contribution in [2.45, 2.75) is 5.03 Å². The van der Waals surface area contributed by atoms with Crippen molar-refractivity contribution in [1.82, 2.24) is 9.97 Å². The molecule has 0 aliphatic carbocycles. The molecule has 1 heterocycles. The van der Waals surface area contributed by atoms with Gasteiger partial charge in [0.2, 0.25) is 0 Å². The molecular weight excluding hydrogens is 268 g/mol. The largest absolute Gasteiger partial charge is 0.397 e. The minimum Gasteiger partial charge on any atom is -0.397 e. The van der Waals surface area contributed by atoms with Crippen molar-refractivity contribution in [3.8, 4) is 0 Å². The molecule has 2 aromatic rings. The lowest BCUT2D eigenvalue weighted by molar-refractivity contribution is 0.306. The molecule has 2 rings (SSSR count). The first kappa shape index (κ1) is 13.4. The summed E-state index contributed by atoms with van der Waals surface area (Å²) in [6.07, 6.45) is 2.48. The van der Waals surface area contributed by atoms with Gasteiger partial charge in [0.25, 0.3) is 10.0 Å². The third kappa shape index (κ3) is 2.54. The van der Waals surface area contributed by atoms with E-state index < -0.39 is 10.0 Å². The molecule has 1 aromatic carbocycles. The number of hydrogen-bond acceptors (Lipinski definition) is 5. The van der Waals surface area contributed by atoms with Crippen molar-refractivity contribution in [1.29, 1.82) is 0 Å². The molecule has 4 N–H and O–H groups in total. The Hall–Kier alpha value is -2.06. The number of hydrogen-bond donors (Lipinski definition) is 3. The lowest BCUT2D eigenvalue weighted by Crippen LogP contribution is -2.34. The third-order valence-electron chi connectivity index (χ3n) is 2.55. The molecule has 1 aromatic heterocycles. The van der Waals surface area contributed by atoms with E-state index in [1.54, 1.807) is 24.3 Å². The number of nitrogen functional groups attached to an aromatic ring is 1. The number of aromatic amines is 1. The van der Waals surface area contributed by atoms with Crippen molar-refractivity contribution in [2.75, 3.05) is 23.2 Å². The van der Waals surface area contributed by atoms with E-state index in [1.165, 1.54) is 12.5 Å². The van der Waals surface area contributed by atoms with E-state index in [4.69, 9.17) is 10.8 Å². The van der Waals surface area contributed by atoms with Crippen LogP contribution in [0.4, 0.5) is 11.4 Å². The standard InChI is InChI=1S/C11H14N4O3S/c12-9-3-1-2-4-10(9)15(5-6-16)19(17,18)11-7-13-8-14-11/h1-4,7-8,16H,5-6,12H2,(H,13,14). The van der Waals surface area contributed by atoms with Crippen LogP contribution in [0.3, 0.4) is 0 Å². The Bertz CT molecular complexity index is 640. The van der Waals surface area contributed by atoms with Crippen molar-refractivity contribution in [2.24, 2.45) is 0 Å². The SMILES string of the molecule is Nc1ccccc1N(CCO)S(=O)(=O)c1cnc[nH]1. The van der Waals surface area contributed by atoms with Crippen LogP contribution in [0.5, 0.6) is 0 Å². The molecule has 0 aliphatic rings. The third-order valence-corrected chi connectivity index (χ3v) is 4.29. The molecule has 102 valence electrons. The summed E-state index contributed by atoms with van der Waals surface area (Å²) in [4.78, 5) is 6.23. The smallest absolute Gasteiger partial charge is 0.281 e. The first-order valence-corrected chi connectivity index (χ1v) is 6.98. The maximum Gasteiger partial charge on any atom is 0.281 e. The van der Waals surface area contributed by atoms with Crippen LogP contribution < -0.4 is 10.0 Å². The van der Waals surface area contributed by atoms with E-state index in [-0.39, 0.29) is 18.2 Å². The van der Waals surface area contributed by atoms with Gasteiger partial charge < -0.3 is 15.8 Å². The molecule has 0 saturated carbocycles. The summed E-state index contributed by atoms with van der Waals surface area (Å²) in [6, 6.07) is 6.57. The van der Waals surface area contributed by atoms with E-state index in [9.17, 15) is 8.42 Å². The maximum absolute atomic E-state index is 12.4. The number of benzene rings is 1. The first-order chi connectivity index (χ1) is 9.07. The lowest BCUT2D eigenvalue weighted by Gasteiger charge is -2.23. The number of rotatable bonds is 5. The molecule has 0 atom stereocenters. The second-order valence-electron chi connectivity index (χ2n) is 3.78. The van der Waals surface area contributed by atoms with Gasteiger partial charge in [0, 0.05) is 0 Å². The monoisotopic (exact) mass is 282 g/mol. The molecule has 0 bridgehead atoms. The molecule has 19 heavy (non-hydrogen) atoms. The predicted molar refractivity (Wildman–Crippen MR) is 71.1 cm³/mol. The average Bonchev–Trinajstić information content (AvgIpc) is 2.91. The summed E-state index contributed by atoms with van der Waals surface area (Å²) in [5.74, 6) is 0. The fraction of sp³-hybridized carbons (Fsp3) is 0.182. The predicted octanol–water partition coefficient (Wildman–Crippen LogP) is 0.179. The Balaban J connectivity index is 2.50. The number of H-pyrrole nitrogens is 1. The average molecular weight is 282 g/mol. The Kier molecular flexibility index (Phi) is 3.72. The van der Waals surface area contributed by atoms with Gasteiger partial charge in [-0.15, -0.1) is 0 Å². The Labute approximate surface area is 110 Å². The number of aliphatic hydroxyl groups excluding tert-OH is 1. The number of aliphatic hydroxyl groups is 1. The molecule has 0 amide bonds. The van der Waals surface area contributed by atoms with Crippen LogP contribution >= 0.6 is 0 Å². The highest BCUT2D eigenvalue weighted by atomic mass is 32.2. The number of anilines is 2. The number of para-hydroxylation sites is 2. The van der Waals surface area contributed by atoms with Gasteiger partial charge in [0.1, 0.15) is 0 Å². The van der Waals surface area contributed by atoms with Crippen LogP contribution in [0.15, 0.2) is 41.8 Å². The Morgan fingerprint density at radius 3 is 2.68 bits per heavy atom. The van der Waals surface area contributed by atoms with Gasteiger partial charge in [-0.1, -0.05) is 12.1 Å². The topological polar surface area (TPSA) is 112 Å². The van der Waals surface area contributed by atoms with Gasteiger partial charge in [-0.25, -0.2) is 4.98 Å². The van der Waals surface area contributed by atoms with Gasteiger partial charge in [-0.05, 0) is 12.1 Å². The number of nitrogens with one attached hydrogen (secondary N) is 1. The van der Waals surface area contributed by atoms with Crippen molar-refractivity contribution >= 4 is 21.4 Å². The number of imidazole rings is 1. The van der Waals surface area contributed by atoms with E-state index in [0.717, 1.165) is 4.31 Å². The number of nitrogens with zero attached hydrogens (tertiary/aromatic N) is 2. The van der Waals surface area contributed by atoms with Crippen LogP contribution in [-0.2, 0) is 10.0 Å². The Morgan fingerprint density at radius 2 is 2.11 bits per heavy atom. The summed E-state index contributed by atoms with van der Waals surface area (Å²) in [7, 11) is -3.82. The maximum atomic E-state index is 12.4. The zero-order chi connectivity index (χ0) is 13.9. The van der Waals surface area contributed by atoms with Gasteiger partial charge >= 0.3 is 0 Å². The number of sulfonamides is 1. The van der Waals surface area contributed by atoms with Crippen LogP contribution in [0.25, 0.3) is 0 Å². The van der Waals surface area contributed by atoms with Crippen LogP contribution in [0, 0.1) is 0 Å². The highest BCUT2D eigenvalue weighted by Crippen LogP contribution is 2.27.